The van der Waals surface area contributed by atoms with Gasteiger partial charge in [0, 0.05) is 37.3 Å². The largest absolute Gasteiger partial charge is 0.497 e. The van der Waals surface area contributed by atoms with Gasteiger partial charge in [0.15, 0.2) is 0 Å². The van der Waals surface area contributed by atoms with Gasteiger partial charge >= 0.3 is 0 Å². The number of halogens is 1. The van der Waals surface area contributed by atoms with Gasteiger partial charge in [-0.2, -0.15) is 0 Å². The lowest BCUT2D eigenvalue weighted by Crippen LogP contribution is -2.28. The number of rotatable bonds is 5. The van der Waals surface area contributed by atoms with Crippen LogP contribution in [-0.4, -0.2) is 31.4 Å². The Balaban J connectivity index is 1.67. The molecule has 1 atom stereocenters. The van der Waals surface area contributed by atoms with Crippen LogP contribution >= 0.6 is 11.6 Å². The Morgan fingerprint density at radius 1 is 1.18 bits per heavy atom. The summed E-state index contributed by atoms with van der Waals surface area (Å²) in [5, 5.41) is 5.70. The van der Waals surface area contributed by atoms with Crippen molar-refractivity contribution in [1.29, 1.82) is 0 Å². The maximum atomic E-state index is 12.6. The molecule has 28 heavy (non-hydrogen) atoms. The van der Waals surface area contributed by atoms with Crippen molar-refractivity contribution < 1.29 is 19.1 Å². The molecule has 1 heterocycles. The number of hydrogen-bond donors (Lipinski definition) is 2. The first kappa shape index (κ1) is 19.7. The molecule has 0 spiro atoms. The molecule has 3 amide bonds. The predicted molar refractivity (Wildman–Crippen MR) is 108 cm³/mol. The van der Waals surface area contributed by atoms with E-state index >= 15 is 0 Å². The summed E-state index contributed by atoms with van der Waals surface area (Å²) < 4.78 is 5.19. The summed E-state index contributed by atoms with van der Waals surface area (Å²) in [5.41, 5.74) is 1.66. The number of carbonyl (C=O) groups excluding carboxylic acids is 3. The van der Waals surface area contributed by atoms with Crippen molar-refractivity contribution in [2.24, 2.45) is 5.92 Å². The van der Waals surface area contributed by atoms with Crippen molar-refractivity contribution in [2.45, 2.75) is 13.3 Å². The summed E-state index contributed by atoms with van der Waals surface area (Å²) in [4.78, 5) is 37.7. The molecule has 0 bridgehead atoms. The van der Waals surface area contributed by atoms with E-state index in [1.165, 1.54) is 6.92 Å². The number of nitrogens with one attached hydrogen (secondary N) is 2. The van der Waals surface area contributed by atoms with Gasteiger partial charge < -0.3 is 20.3 Å². The molecule has 2 aromatic rings. The molecule has 146 valence electrons. The zero-order chi connectivity index (χ0) is 20.3. The van der Waals surface area contributed by atoms with E-state index in [0.717, 1.165) is 0 Å². The highest BCUT2D eigenvalue weighted by atomic mass is 35.5. The number of nitrogens with zero attached hydrogens (tertiary/aromatic N) is 1. The van der Waals surface area contributed by atoms with Crippen LogP contribution in [0.15, 0.2) is 42.5 Å². The van der Waals surface area contributed by atoms with Crippen molar-refractivity contribution in [3.63, 3.8) is 0 Å². The number of carbonyl (C=O) groups is 3. The molecule has 3 rings (SSSR count). The average Bonchev–Trinajstić information content (AvgIpc) is 3.05. The molecule has 0 aromatic heterocycles. The molecule has 0 saturated carbocycles. The lowest BCUT2D eigenvalue weighted by molar-refractivity contribution is -0.122. The van der Waals surface area contributed by atoms with Gasteiger partial charge in [-0.1, -0.05) is 17.7 Å². The molecule has 1 fully saturated rings. The summed E-state index contributed by atoms with van der Waals surface area (Å²) in [7, 11) is 1.56. The zero-order valence-corrected chi connectivity index (χ0v) is 16.2. The van der Waals surface area contributed by atoms with E-state index < -0.39 is 5.92 Å². The average molecular weight is 402 g/mol. The maximum Gasteiger partial charge on any atom is 0.229 e. The topological polar surface area (TPSA) is 87.7 Å². The second kappa shape index (κ2) is 8.31. The minimum atomic E-state index is -0.479. The van der Waals surface area contributed by atoms with Crippen LogP contribution in [0.3, 0.4) is 0 Å². The molecule has 1 saturated heterocycles. The number of benzene rings is 2. The van der Waals surface area contributed by atoms with Gasteiger partial charge in [-0.25, -0.2) is 0 Å². The molecule has 8 heteroatoms. The van der Waals surface area contributed by atoms with Crippen molar-refractivity contribution >= 4 is 46.4 Å². The highest BCUT2D eigenvalue weighted by Crippen LogP contribution is 2.30. The fourth-order valence-electron chi connectivity index (χ4n) is 3.04. The van der Waals surface area contributed by atoms with Gasteiger partial charge in [-0.3, -0.25) is 14.4 Å². The minimum absolute atomic E-state index is 0.118. The molecule has 7 nitrogen and oxygen atoms in total. The monoisotopic (exact) mass is 401 g/mol. The van der Waals surface area contributed by atoms with Crippen LogP contribution in [0, 0.1) is 5.92 Å². The first-order valence-corrected chi connectivity index (χ1v) is 9.07. The number of hydrogen-bond acceptors (Lipinski definition) is 4. The maximum absolute atomic E-state index is 12.6. The minimum Gasteiger partial charge on any atom is -0.497 e. The fraction of sp³-hybridized carbons (Fsp3) is 0.250. The Kier molecular flexibility index (Phi) is 5.84. The van der Waals surface area contributed by atoms with E-state index in [4.69, 9.17) is 16.3 Å². The Morgan fingerprint density at radius 2 is 1.96 bits per heavy atom. The molecule has 1 unspecified atom stereocenters. The van der Waals surface area contributed by atoms with Gasteiger partial charge in [0.2, 0.25) is 17.7 Å². The standard InChI is InChI=1S/C20H20ClN3O4/c1-12(25)22-18-7-6-14(9-17(18)21)23-20(27)13-8-19(26)24(11-13)15-4-3-5-16(10-15)28-2/h3-7,9-10,13H,8,11H2,1-2H3,(H,22,25)(H,23,27). The van der Waals surface area contributed by atoms with Crippen molar-refractivity contribution in [2.75, 3.05) is 29.2 Å². The molecule has 1 aliphatic heterocycles. The highest BCUT2D eigenvalue weighted by molar-refractivity contribution is 6.34. The third-order valence-corrected chi connectivity index (χ3v) is 4.72. The van der Waals surface area contributed by atoms with E-state index in [1.807, 2.05) is 0 Å². The Labute approximate surface area is 167 Å². The molecule has 2 N–H and O–H groups in total. The normalized spacial score (nSPS) is 16.0. The van der Waals surface area contributed by atoms with Gasteiger partial charge in [-0.15, -0.1) is 0 Å². The van der Waals surface area contributed by atoms with E-state index in [1.54, 1.807) is 54.5 Å². The van der Waals surface area contributed by atoms with Gasteiger partial charge in [0.25, 0.3) is 0 Å². The lowest BCUT2D eigenvalue weighted by atomic mass is 10.1. The van der Waals surface area contributed by atoms with Crippen LogP contribution in [0.5, 0.6) is 5.75 Å². The van der Waals surface area contributed by atoms with Gasteiger partial charge in [-0.05, 0) is 30.3 Å². The Bertz CT molecular complexity index is 931. The smallest absolute Gasteiger partial charge is 0.229 e. The molecular formula is C20H20ClN3O4. The highest BCUT2D eigenvalue weighted by Gasteiger charge is 2.35. The number of methoxy groups -OCH3 is 1. The van der Waals surface area contributed by atoms with Crippen LogP contribution in [0.25, 0.3) is 0 Å². The van der Waals surface area contributed by atoms with Crippen LogP contribution in [0.4, 0.5) is 17.1 Å². The third kappa shape index (κ3) is 4.43. The predicted octanol–water partition coefficient (Wildman–Crippen LogP) is 3.30. The summed E-state index contributed by atoms with van der Waals surface area (Å²) in [6, 6.07) is 12.0. The molecular weight excluding hydrogens is 382 g/mol. The van der Waals surface area contributed by atoms with E-state index in [-0.39, 0.29) is 30.7 Å². The van der Waals surface area contributed by atoms with E-state index in [2.05, 4.69) is 10.6 Å². The Hall–Kier alpha value is -3.06. The van der Waals surface area contributed by atoms with Crippen molar-refractivity contribution in [3.05, 3.63) is 47.5 Å². The fourth-order valence-corrected chi connectivity index (χ4v) is 3.27. The SMILES string of the molecule is COc1cccc(N2CC(C(=O)Nc3ccc(NC(C)=O)c(Cl)c3)CC2=O)c1. The van der Waals surface area contributed by atoms with E-state index in [9.17, 15) is 14.4 Å². The molecule has 1 aliphatic rings. The number of ether oxygens (including phenoxy) is 1. The van der Waals surface area contributed by atoms with Crippen LogP contribution < -0.4 is 20.3 Å². The first-order chi connectivity index (χ1) is 13.4. The summed E-state index contributed by atoms with van der Waals surface area (Å²) in [5.74, 6) is -0.449. The second-order valence-electron chi connectivity index (χ2n) is 6.47. The number of anilines is 3. The molecule has 0 aliphatic carbocycles. The quantitative estimate of drug-likeness (QED) is 0.804. The third-order valence-electron chi connectivity index (χ3n) is 4.41. The van der Waals surface area contributed by atoms with E-state index in [0.29, 0.717) is 27.8 Å². The van der Waals surface area contributed by atoms with Gasteiger partial charge in [0.1, 0.15) is 5.75 Å². The zero-order valence-electron chi connectivity index (χ0n) is 15.5. The summed E-state index contributed by atoms with van der Waals surface area (Å²) in [6.45, 7) is 1.67. The molecule has 2 aromatic carbocycles. The lowest BCUT2D eigenvalue weighted by Gasteiger charge is -2.17. The van der Waals surface area contributed by atoms with Crippen LogP contribution in [0.2, 0.25) is 5.02 Å². The number of amides is 3. The van der Waals surface area contributed by atoms with Crippen LogP contribution in [-0.2, 0) is 14.4 Å². The molecule has 0 radical (unpaired) electrons. The second-order valence-corrected chi connectivity index (χ2v) is 6.88. The van der Waals surface area contributed by atoms with Gasteiger partial charge in [0.05, 0.1) is 23.7 Å². The first-order valence-electron chi connectivity index (χ1n) is 8.70. The van der Waals surface area contributed by atoms with Crippen molar-refractivity contribution in [3.8, 4) is 5.75 Å². The Morgan fingerprint density at radius 3 is 2.64 bits per heavy atom. The van der Waals surface area contributed by atoms with Crippen LogP contribution in [0.1, 0.15) is 13.3 Å². The summed E-state index contributed by atoms with van der Waals surface area (Å²) >= 11 is 6.13. The summed E-state index contributed by atoms with van der Waals surface area (Å²) in [6.07, 6.45) is 0.126. The van der Waals surface area contributed by atoms with Crippen molar-refractivity contribution in [1.82, 2.24) is 0 Å².